The molecule has 0 saturated heterocycles. The molecule has 0 spiro atoms. The molecule has 1 aromatic carbocycles. The van der Waals surface area contributed by atoms with Crippen molar-refractivity contribution in [3.8, 4) is 22.6 Å². The molecular weight excluding hydrogens is 390 g/mol. The molecule has 3 aromatic heterocycles. The smallest absolute Gasteiger partial charge is 0.270 e. The zero-order valence-corrected chi connectivity index (χ0v) is 17.5. The molecule has 0 saturated carbocycles. The van der Waals surface area contributed by atoms with Crippen molar-refractivity contribution in [3.05, 3.63) is 71.9 Å². The predicted molar refractivity (Wildman–Crippen MR) is 116 cm³/mol. The number of carbonyl (C=O) groups excluding carboxylic acids is 1. The van der Waals surface area contributed by atoms with Crippen LogP contribution in [0.25, 0.3) is 22.6 Å². The van der Waals surface area contributed by atoms with Crippen molar-refractivity contribution in [2.24, 2.45) is 7.05 Å². The van der Waals surface area contributed by atoms with E-state index in [-0.39, 0.29) is 11.9 Å². The van der Waals surface area contributed by atoms with Crippen LogP contribution in [-0.4, -0.2) is 41.5 Å². The van der Waals surface area contributed by atoms with E-state index >= 15 is 0 Å². The Morgan fingerprint density at radius 3 is 2.84 bits per heavy atom. The van der Waals surface area contributed by atoms with E-state index in [2.05, 4.69) is 20.5 Å². The molecule has 8 nitrogen and oxygen atoms in total. The molecule has 156 valence electrons. The van der Waals surface area contributed by atoms with Crippen LogP contribution in [0.3, 0.4) is 0 Å². The Labute approximate surface area is 180 Å². The minimum Gasteiger partial charge on any atom is -0.347 e. The molecule has 1 aliphatic rings. The Balaban J connectivity index is 1.35. The highest BCUT2D eigenvalue weighted by molar-refractivity contribution is 5.99. The zero-order valence-electron chi connectivity index (χ0n) is 17.5. The van der Waals surface area contributed by atoms with Gasteiger partial charge in [0.15, 0.2) is 5.82 Å². The summed E-state index contributed by atoms with van der Waals surface area (Å²) in [5.74, 6) is 1.46. The lowest BCUT2D eigenvalue weighted by Crippen LogP contribution is -2.41. The van der Waals surface area contributed by atoms with Gasteiger partial charge in [-0.1, -0.05) is 30.3 Å². The van der Waals surface area contributed by atoms with Crippen LogP contribution in [0.2, 0.25) is 0 Å². The molecule has 0 radical (unpaired) electrons. The normalized spacial score (nSPS) is 15.5. The van der Waals surface area contributed by atoms with Gasteiger partial charge in [0, 0.05) is 37.8 Å². The van der Waals surface area contributed by atoms with Gasteiger partial charge in [-0.3, -0.25) is 14.5 Å². The zero-order chi connectivity index (χ0) is 21.4. The predicted octanol–water partition coefficient (Wildman–Crippen LogP) is 2.79. The average Bonchev–Trinajstić information content (AvgIpc) is 3.37. The van der Waals surface area contributed by atoms with Gasteiger partial charge in [0.25, 0.3) is 5.91 Å². The van der Waals surface area contributed by atoms with Gasteiger partial charge in [0.2, 0.25) is 0 Å². The Bertz CT molecular complexity index is 1240. The van der Waals surface area contributed by atoms with E-state index in [0.717, 1.165) is 47.0 Å². The summed E-state index contributed by atoms with van der Waals surface area (Å²) in [6, 6.07) is 13.8. The van der Waals surface area contributed by atoms with Crippen LogP contribution in [0.5, 0.6) is 0 Å². The maximum atomic E-state index is 13.2. The Morgan fingerprint density at radius 1 is 1.19 bits per heavy atom. The average molecular weight is 413 g/mol. The lowest BCUT2D eigenvalue weighted by atomic mass is 10.1. The molecular formula is C23H23N7O. The first kappa shape index (κ1) is 19.2. The molecule has 0 bridgehead atoms. The van der Waals surface area contributed by atoms with Crippen molar-refractivity contribution in [2.45, 2.75) is 32.4 Å². The van der Waals surface area contributed by atoms with Crippen LogP contribution < -0.4 is 5.32 Å². The second kappa shape index (κ2) is 7.79. The van der Waals surface area contributed by atoms with Gasteiger partial charge in [-0.05, 0) is 31.0 Å². The summed E-state index contributed by atoms with van der Waals surface area (Å²) in [6.45, 7) is 2.72. The summed E-state index contributed by atoms with van der Waals surface area (Å²) in [6.07, 6.45) is 4.88. The van der Waals surface area contributed by atoms with E-state index in [9.17, 15) is 4.79 Å². The maximum Gasteiger partial charge on any atom is 0.270 e. The largest absolute Gasteiger partial charge is 0.347 e. The number of hydrogen-bond acceptors (Lipinski definition) is 5. The number of hydrogen-bond donors (Lipinski definition) is 1. The van der Waals surface area contributed by atoms with Gasteiger partial charge >= 0.3 is 0 Å². The lowest BCUT2D eigenvalue weighted by Gasteiger charge is -2.23. The number of nitrogens with zero attached hydrogens (tertiary/aromatic N) is 6. The van der Waals surface area contributed by atoms with Gasteiger partial charge < -0.3 is 5.32 Å². The first-order valence-electron chi connectivity index (χ1n) is 10.3. The fourth-order valence-corrected chi connectivity index (χ4v) is 3.97. The van der Waals surface area contributed by atoms with E-state index < -0.39 is 0 Å². The number of fused-ring (bicyclic) bond motifs is 1. The van der Waals surface area contributed by atoms with Crippen molar-refractivity contribution in [2.75, 3.05) is 0 Å². The van der Waals surface area contributed by atoms with Gasteiger partial charge in [-0.25, -0.2) is 9.67 Å². The topological polar surface area (TPSA) is 90.5 Å². The molecule has 0 aliphatic carbocycles. The molecule has 31 heavy (non-hydrogen) atoms. The SMILES string of the molecule is Cc1ccnc(-c2cnn(C)c2C(=O)NC2CCn3nc(-c4ccccc4)nc3C2)c1. The minimum absolute atomic E-state index is 0.0129. The number of rotatable bonds is 4. The number of nitrogens with one attached hydrogen (secondary N) is 1. The van der Waals surface area contributed by atoms with Crippen LogP contribution in [0, 0.1) is 6.92 Å². The van der Waals surface area contributed by atoms with Gasteiger partial charge in [-0.2, -0.15) is 10.2 Å². The van der Waals surface area contributed by atoms with Crippen molar-refractivity contribution in [1.82, 2.24) is 34.8 Å². The molecule has 4 heterocycles. The third-order valence-corrected chi connectivity index (χ3v) is 5.58. The molecule has 4 aromatic rings. The summed E-state index contributed by atoms with van der Waals surface area (Å²) < 4.78 is 3.55. The first-order chi connectivity index (χ1) is 15.1. The van der Waals surface area contributed by atoms with Crippen LogP contribution in [0.15, 0.2) is 54.9 Å². The molecule has 1 atom stereocenters. The first-order valence-corrected chi connectivity index (χ1v) is 10.3. The van der Waals surface area contributed by atoms with E-state index in [1.165, 1.54) is 0 Å². The summed E-state index contributed by atoms with van der Waals surface area (Å²) in [7, 11) is 1.78. The minimum atomic E-state index is -0.153. The second-order valence-corrected chi connectivity index (χ2v) is 7.85. The highest BCUT2D eigenvalue weighted by Gasteiger charge is 2.26. The molecule has 5 rings (SSSR count). The summed E-state index contributed by atoms with van der Waals surface area (Å²) in [5.41, 5.74) is 4.06. The quantitative estimate of drug-likeness (QED) is 0.556. The van der Waals surface area contributed by atoms with E-state index in [0.29, 0.717) is 12.1 Å². The Morgan fingerprint density at radius 2 is 2.03 bits per heavy atom. The van der Waals surface area contributed by atoms with E-state index in [4.69, 9.17) is 4.98 Å². The maximum absolute atomic E-state index is 13.2. The van der Waals surface area contributed by atoms with Crippen LogP contribution in [0.1, 0.15) is 28.3 Å². The monoisotopic (exact) mass is 413 g/mol. The standard InChI is InChI=1S/C23H23N7O/c1-15-8-10-24-19(12-15)18-14-25-29(2)21(18)23(31)26-17-9-11-30-20(13-17)27-22(28-30)16-6-4-3-5-7-16/h3-8,10,12,14,17H,9,11,13H2,1-2H3,(H,26,31). The van der Waals surface area contributed by atoms with E-state index in [1.807, 2.05) is 54.1 Å². The fraction of sp³-hybridized carbons (Fsp3) is 0.261. The third kappa shape index (κ3) is 3.72. The summed E-state index contributed by atoms with van der Waals surface area (Å²) >= 11 is 0. The van der Waals surface area contributed by atoms with Crippen LogP contribution >= 0.6 is 0 Å². The number of aromatic nitrogens is 6. The van der Waals surface area contributed by atoms with E-state index in [1.54, 1.807) is 24.1 Å². The summed E-state index contributed by atoms with van der Waals surface area (Å²) in [5, 5.41) is 12.1. The highest BCUT2D eigenvalue weighted by Crippen LogP contribution is 2.23. The van der Waals surface area contributed by atoms with Gasteiger partial charge in [0.1, 0.15) is 11.5 Å². The van der Waals surface area contributed by atoms with Crippen molar-refractivity contribution >= 4 is 5.91 Å². The lowest BCUT2D eigenvalue weighted by molar-refractivity contribution is 0.0921. The molecule has 1 aliphatic heterocycles. The van der Waals surface area contributed by atoms with Crippen molar-refractivity contribution in [1.29, 1.82) is 0 Å². The number of aryl methyl sites for hydroxylation is 3. The number of amides is 1. The second-order valence-electron chi connectivity index (χ2n) is 7.85. The molecule has 8 heteroatoms. The molecule has 0 fully saturated rings. The number of benzene rings is 1. The molecule has 1 N–H and O–H groups in total. The number of pyridine rings is 1. The molecule has 1 amide bonds. The third-order valence-electron chi connectivity index (χ3n) is 5.58. The van der Waals surface area contributed by atoms with Crippen LogP contribution in [0.4, 0.5) is 0 Å². The van der Waals surface area contributed by atoms with Gasteiger partial charge in [-0.15, -0.1) is 0 Å². The highest BCUT2D eigenvalue weighted by atomic mass is 16.2. The summed E-state index contributed by atoms with van der Waals surface area (Å²) in [4.78, 5) is 22.3. The fourth-order valence-electron chi connectivity index (χ4n) is 3.97. The van der Waals surface area contributed by atoms with Gasteiger partial charge in [0.05, 0.1) is 17.5 Å². The Hall–Kier alpha value is -3.81. The van der Waals surface area contributed by atoms with Crippen molar-refractivity contribution < 1.29 is 4.79 Å². The Kier molecular flexibility index (Phi) is 4.82. The molecule has 1 unspecified atom stereocenters. The van der Waals surface area contributed by atoms with Crippen molar-refractivity contribution in [3.63, 3.8) is 0 Å². The van der Waals surface area contributed by atoms with Crippen LogP contribution in [-0.2, 0) is 20.0 Å². The number of carbonyl (C=O) groups is 1.